The Kier molecular flexibility index (Phi) is 3.32. The van der Waals surface area contributed by atoms with E-state index in [1.807, 2.05) is 0 Å². The van der Waals surface area contributed by atoms with Crippen LogP contribution in [0, 0.1) is 0 Å². The van der Waals surface area contributed by atoms with E-state index in [4.69, 9.17) is 10.2 Å². The highest BCUT2D eigenvalue weighted by atomic mass is 32.1. The molecule has 0 aliphatic carbocycles. The summed E-state index contributed by atoms with van der Waals surface area (Å²) in [6.07, 6.45) is 0.559. The van der Waals surface area contributed by atoms with Gasteiger partial charge in [0.15, 0.2) is 0 Å². The van der Waals surface area contributed by atoms with Crippen LogP contribution < -0.4 is 15.9 Å². The Morgan fingerprint density at radius 1 is 1.56 bits per heavy atom. The second kappa shape index (κ2) is 4.90. The summed E-state index contributed by atoms with van der Waals surface area (Å²) in [5.74, 6) is 0.504. The van der Waals surface area contributed by atoms with Gasteiger partial charge in [-0.2, -0.15) is 0 Å². The van der Waals surface area contributed by atoms with Gasteiger partial charge in [0, 0.05) is 24.0 Å². The van der Waals surface area contributed by atoms with E-state index in [2.05, 4.69) is 20.5 Å². The molecule has 0 aromatic carbocycles. The lowest BCUT2D eigenvalue weighted by Gasteiger charge is -1.96. The van der Waals surface area contributed by atoms with Gasteiger partial charge < -0.3 is 20.5 Å². The maximum Gasteiger partial charge on any atom is 0.315 e. The van der Waals surface area contributed by atoms with Gasteiger partial charge in [-0.25, -0.2) is 0 Å². The van der Waals surface area contributed by atoms with Gasteiger partial charge in [-0.15, -0.1) is 5.10 Å². The Hall–Kier alpha value is -1.67. The van der Waals surface area contributed by atoms with Crippen LogP contribution in [-0.4, -0.2) is 21.7 Å². The van der Waals surface area contributed by atoms with E-state index in [-0.39, 0.29) is 4.87 Å². The summed E-state index contributed by atoms with van der Waals surface area (Å²) in [6, 6.07) is 0.329. The Labute approximate surface area is 94.7 Å². The summed E-state index contributed by atoms with van der Waals surface area (Å²) < 4.78 is 5.25. The van der Waals surface area contributed by atoms with E-state index in [0.29, 0.717) is 31.4 Å². The maximum atomic E-state index is 10.9. The molecule has 2 rings (SSSR count). The van der Waals surface area contributed by atoms with Crippen LogP contribution in [0.2, 0.25) is 0 Å². The van der Waals surface area contributed by atoms with Crippen LogP contribution in [0.25, 0.3) is 0 Å². The first-order chi connectivity index (χ1) is 7.78. The SMILES string of the molecule is NCCc1nnc(NCc2csc(=O)[nH]2)o1. The van der Waals surface area contributed by atoms with Gasteiger partial charge in [-0.1, -0.05) is 16.4 Å². The van der Waals surface area contributed by atoms with E-state index in [0.717, 1.165) is 17.0 Å². The number of aromatic amines is 1. The molecule has 0 saturated heterocycles. The van der Waals surface area contributed by atoms with Crippen molar-refractivity contribution in [3.63, 3.8) is 0 Å². The maximum absolute atomic E-state index is 10.9. The molecule has 2 aromatic heterocycles. The highest BCUT2D eigenvalue weighted by Gasteiger charge is 2.04. The van der Waals surface area contributed by atoms with E-state index in [1.165, 1.54) is 0 Å². The molecule has 8 heteroatoms. The highest BCUT2D eigenvalue weighted by Crippen LogP contribution is 2.07. The molecule has 0 bridgehead atoms. The molecule has 0 aliphatic heterocycles. The Balaban J connectivity index is 1.91. The largest absolute Gasteiger partial charge is 0.408 e. The third-order valence-corrected chi connectivity index (χ3v) is 2.54. The fraction of sp³-hybridized carbons (Fsp3) is 0.375. The summed E-state index contributed by atoms with van der Waals surface area (Å²) >= 11 is 1.12. The van der Waals surface area contributed by atoms with Crippen molar-refractivity contribution in [1.29, 1.82) is 0 Å². The van der Waals surface area contributed by atoms with Crippen LogP contribution in [0.1, 0.15) is 11.6 Å². The molecule has 2 aromatic rings. The summed E-state index contributed by atoms with van der Waals surface area (Å²) in [7, 11) is 0. The molecule has 0 fully saturated rings. The summed E-state index contributed by atoms with van der Waals surface area (Å²) in [4.78, 5) is 13.5. The molecule has 0 spiro atoms. The van der Waals surface area contributed by atoms with Crippen LogP contribution in [0.3, 0.4) is 0 Å². The number of rotatable bonds is 5. The zero-order chi connectivity index (χ0) is 11.4. The standard InChI is InChI=1S/C8H11N5O2S/c9-2-1-6-12-13-7(15-6)10-3-5-4-16-8(14)11-5/h4H,1-3,9H2,(H,10,13)(H,11,14). The minimum absolute atomic E-state index is 0.0776. The van der Waals surface area contributed by atoms with Crippen LogP contribution >= 0.6 is 11.3 Å². The lowest BCUT2D eigenvalue weighted by atomic mass is 10.4. The van der Waals surface area contributed by atoms with E-state index in [9.17, 15) is 4.79 Å². The monoisotopic (exact) mass is 241 g/mol. The second-order valence-electron chi connectivity index (χ2n) is 3.07. The zero-order valence-electron chi connectivity index (χ0n) is 8.40. The molecular formula is C8H11N5O2S. The minimum atomic E-state index is -0.0776. The van der Waals surface area contributed by atoms with Crippen LogP contribution in [-0.2, 0) is 13.0 Å². The Bertz CT molecular complexity index is 502. The predicted molar refractivity (Wildman–Crippen MR) is 59.3 cm³/mol. The molecular weight excluding hydrogens is 230 g/mol. The van der Waals surface area contributed by atoms with E-state index >= 15 is 0 Å². The minimum Gasteiger partial charge on any atom is -0.408 e. The molecule has 0 unspecified atom stereocenters. The number of anilines is 1. The zero-order valence-corrected chi connectivity index (χ0v) is 9.21. The van der Waals surface area contributed by atoms with Crippen molar-refractivity contribution in [2.75, 3.05) is 11.9 Å². The lowest BCUT2D eigenvalue weighted by Crippen LogP contribution is -2.03. The van der Waals surface area contributed by atoms with Crippen molar-refractivity contribution in [2.24, 2.45) is 5.73 Å². The molecule has 4 N–H and O–H groups in total. The Morgan fingerprint density at radius 2 is 2.44 bits per heavy atom. The summed E-state index contributed by atoms with van der Waals surface area (Å²) in [5.41, 5.74) is 6.14. The van der Waals surface area contributed by atoms with Crippen molar-refractivity contribution >= 4 is 17.4 Å². The highest BCUT2D eigenvalue weighted by molar-refractivity contribution is 7.07. The second-order valence-corrected chi connectivity index (χ2v) is 3.91. The van der Waals surface area contributed by atoms with Crippen molar-refractivity contribution in [2.45, 2.75) is 13.0 Å². The number of nitrogens with one attached hydrogen (secondary N) is 2. The topological polar surface area (TPSA) is 110 Å². The van der Waals surface area contributed by atoms with Gasteiger partial charge in [0.05, 0.1) is 6.54 Å². The number of aromatic nitrogens is 3. The van der Waals surface area contributed by atoms with Gasteiger partial charge in [0.25, 0.3) is 0 Å². The average molecular weight is 241 g/mol. The van der Waals surface area contributed by atoms with E-state index in [1.54, 1.807) is 5.38 Å². The molecule has 0 saturated carbocycles. The van der Waals surface area contributed by atoms with Gasteiger partial charge in [0.1, 0.15) is 0 Å². The van der Waals surface area contributed by atoms with Crippen LogP contribution in [0.15, 0.2) is 14.6 Å². The van der Waals surface area contributed by atoms with Gasteiger partial charge in [0.2, 0.25) is 5.89 Å². The fourth-order valence-electron chi connectivity index (χ4n) is 1.12. The first kappa shape index (κ1) is 10.8. The van der Waals surface area contributed by atoms with E-state index < -0.39 is 0 Å². The average Bonchev–Trinajstić information content (AvgIpc) is 2.85. The Morgan fingerprint density at radius 3 is 3.12 bits per heavy atom. The normalized spacial score (nSPS) is 10.6. The molecule has 7 nitrogen and oxygen atoms in total. The third kappa shape index (κ3) is 2.67. The first-order valence-corrected chi connectivity index (χ1v) is 5.59. The number of hydrogen-bond acceptors (Lipinski definition) is 7. The quantitative estimate of drug-likeness (QED) is 0.676. The molecule has 86 valence electrons. The number of thiazole rings is 1. The predicted octanol–water partition coefficient (Wildman–Crippen LogP) is -0.0673. The molecule has 2 heterocycles. The first-order valence-electron chi connectivity index (χ1n) is 4.71. The molecule has 0 aliphatic rings. The number of hydrogen-bond donors (Lipinski definition) is 3. The van der Waals surface area contributed by atoms with Crippen molar-refractivity contribution < 1.29 is 4.42 Å². The number of H-pyrrole nitrogens is 1. The van der Waals surface area contributed by atoms with Crippen LogP contribution in [0.5, 0.6) is 0 Å². The van der Waals surface area contributed by atoms with Crippen molar-refractivity contribution in [3.8, 4) is 0 Å². The summed E-state index contributed by atoms with van der Waals surface area (Å²) in [5, 5.41) is 12.2. The summed E-state index contributed by atoms with van der Waals surface area (Å²) in [6.45, 7) is 0.919. The molecule has 0 atom stereocenters. The third-order valence-electron chi connectivity index (χ3n) is 1.83. The lowest BCUT2D eigenvalue weighted by molar-refractivity contribution is 0.505. The fourth-order valence-corrected chi connectivity index (χ4v) is 1.70. The number of nitrogens with two attached hydrogens (primary N) is 1. The van der Waals surface area contributed by atoms with Crippen molar-refractivity contribution in [3.05, 3.63) is 26.6 Å². The number of nitrogens with zero attached hydrogens (tertiary/aromatic N) is 2. The smallest absolute Gasteiger partial charge is 0.315 e. The van der Waals surface area contributed by atoms with Crippen molar-refractivity contribution in [1.82, 2.24) is 15.2 Å². The van der Waals surface area contributed by atoms with Crippen LogP contribution in [0.4, 0.5) is 6.01 Å². The molecule has 0 amide bonds. The molecule has 16 heavy (non-hydrogen) atoms. The van der Waals surface area contributed by atoms with Gasteiger partial charge >= 0.3 is 10.9 Å². The van der Waals surface area contributed by atoms with Gasteiger partial charge in [-0.05, 0) is 0 Å². The molecule has 0 radical (unpaired) electrons. The van der Waals surface area contributed by atoms with Gasteiger partial charge in [-0.3, -0.25) is 4.79 Å².